The standard InChI is InChI=1S/C11H15NO.C7H8O3S/c13-10-5-3-4-9(8-10)11-6-1-2-7-12-11;1-6-2-4-7(5-3-6)11(8,9)10/h3-5,8,11-13H,1-2,6-7H2;2-5H,1H3,(H,8,9,10). The van der Waals surface area contributed by atoms with E-state index in [0.29, 0.717) is 11.8 Å². The van der Waals surface area contributed by atoms with Gasteiger partial charge in [-0.05, 0) is 56.1 Å². The molecule has 1 fully saturated rings. The van der Waals surface area contributed by atoms with Gasteiger partial charge in [0.15, 0.2) is 0 Å². The average Bonchev–Trinajstić information content (AvgIpc) is 2.56. The molecule has 0 spiro atoms. The number of aryl methyl sites for hydroxylation is 1. The molecule has 0 amide bonds. The minimum atomic E-state index is -4.02. The van der Waals surface area contributed by atoms with Gasteiger partial charge >= 0.3 is 0 Å². The number of phenolic OH excluding ortho intramolecular Hbond substituents is 1. The Balaban J connectivity index is 0.000000177. The maximum absolute atomic E-state index is 10.5. The van der Waals surface area contributed by atoms with Crippen molar-refractivity contribution >= 4 is 10.1 Å². The van der Waals surface area contributed by atoms with Crippen LogP contribution in [0.2, 0.25) is 0 Å². The number of hydrogen-bond donors (Lipinski definition) is 3. The van der Waals surface area contributed by atoms with Crippen molar-refractivity contribution in [3.8, 4) is 5.75 Å². The Labute approximate surface area is 143 Å². The van der Waals surface area contributed by atoms with E-state index in [9.17, 15) is 13.5 Å². The third-order valence-electron chi connectivity index (χ3n) is 3.90. The van der Waals surface area contributed by atoms with Crippen LogP contribution in [0.25, 0.3) is 0 Å². The van der Waals surface area contributed by atoms with E-state index >= 15 is 0 Å². The summed E-state index contributed by atoms with van der Waals surface area (Å²) in [6, 6.07) is 14.0. The fourth-order valence-electron chi connectivity index (χ4n) is 2.59. The first-order valence-electron chi connectivity index (χ1n) is 7.93. The van der Waals surface area contributed by atoms with Gasteiger partial charge in [-0.1, -0.05) is 36.2 Å². The summed E-state index contributed by atoms with van der Waals surface area (Å²) < 4.78 is 29.6. The Kier molecular flexibility index (Phi) is 6.36. The zero-order valence-corrected chi connectivity index (χ0v) is 14.5. The van der Waals surface area contributed by atoms with Crippen molar-refractivity contribution in [3.63, 3.8) is 0 Å². The zero-order chi connectivity index (χ0) is 17.6. The van der Waals surface area contributed by atoms with Gasteiger partial charge in [0.05, 0.1) is 4.90 Å². The van der Waals surface area contributed by atoms with Crippen molar-refractivity contribution < 1.29 is 18.1 Å². The highest BCUT2D eigenvalue weighted by atomic mass is 32.2. The van der Waals surface area contributed by atoms with Crippen LogP contribution in [-0.2, 0) is 10.1 Å². The van der Waals surface area contributed by atoms with Gasteiger partial charge in [-0.25, -0.2) is 0 Å². The highest BCUT2D eigenvalue weighted by Gasteiger charge is 2.14. The van der Waals surface area contributed by atoms with E-state index < -0.39 is 10.1 Å². The summed E-state index contributed by atoms with van der Waals surface area (Å²) in [4.78, 5) is -0.0666. The topological polar surface area (TPSA) is 86.6 Å². The quantitative estimate of drug-likeness (QED) is 0.723. The van der Waals surface area contributed by atoms with Gasteiger partial charge < -0.3 is 10.4 Å². The van der Waals surface area contributed by atoms with E-state index in [1.165, 1.54) is 37.0 Å². The van der Waals surface area contributed by atoms with Gasteiger partial charge in [0.1, 0.15) is 5.75 Å². The molecular weight excluding hydrogens is 326 g/mol. The molecule has 0 aliphatic carbocycles. The van der Waals surface area contributed by atoms with Crippen LogP contribution in [0.1, 0.15) is 36.4 Å². The van der Waals surface area contributed by atoms with E-state index in [1.54, 1.807) is 18.2 Å². The molecule has 24 heavy (non-hydrogen) atoms. The summed E-state index contributed by atoms with van der Waals surface area (Å²) in [5, 5.41) is 12.8. The van der Waals surface area contributed by atoms with Gasteiger partial charge in [0.2, 0.25) is 0 Å². The van der Waals surface area contributed by atoms with Crippen molar-refractivity contribution in [3.05, 3.63) is 59.7 Å². The van der Waals surface area contributed by atoms with E-state index in [1.807, 2.05) is 19.1 Å². The average molecular weight is 349 g/mol. The van der Waals surface area contributed by atoms with Crippen LogP contribution >= 0.6 is 0 Å². The highest BCUT2D eigenvalue weighted by Crippen LogP contribution is 2.24. The van der Waals surface area contributed by atoms with Crippen LogP contribution in [0.4, 0.5) is 0 Å². The monoisotopic (exact) mass is 349 g/mol. The summed E-state index contributed by atoms with van der Waals surface area (Å²) >= 11 is 0. The molecule has 1 unspecified atom stereocenters. The van der Waals surface area contributed by atoms with Gasteiger partial charge in [-0.3, -0.25) is 4.55 Å². The number of piperidine rings is 1. The van der Waals surface area contributed by atoms with Crippen molar-refractivity contribution in [1.82, 2.24) is 5.32 Å². The SMILES string of the molecule is Cc1ccc(S(=O)(=O)O)cc1.Oc1cccc(C2CCCCN2)c1. The lowest BCUT2D eigenvalue weighted by atomic mass is 9.97. The van der Waals surface area contributed by atoms with Gasteiger partial charge in [0.25, 0.3) is 10.1 Å². The van der Waals surface area contributed by atoms with Crippen LogP contribution in [0.3, 0.4) is 0 Å². The number of benzene rings is 2. The first-order chi connectivity index (χ1) is 11.4. The minimum Gasteiger partial charge on any atom is -0.508 e. The van der Waals surface area contributed by atoms with E-state index in [4.69, 9.17) is 4.55 Å². The molecule has 0 radical (unpaired) electrons. The molecule has 0 aromatic heterocycles. The van der Waals surface area contributed by atoms with Crippen LogP contribution in [0, 0.1) is 6.92 Å². The first kappa shape index (κ1) is 18.4. The molecule has 1 atom stereocenters. The Morgan fingerprint density at radius 3 is 2.33 bits per heavy atom. The number of rotatable bonds is 2. The molecule has 2 aromatic carbocycles. The molecule has 3 N–H and O–H groups in total. The Morgan fingerprint density at radius 2 is 1.79 bits per heavy atom. The molecule has 1 saturated heterocycles. The molecule has 1 heterocycles. The zero-order valence-electron chi connectivity index (χ0n) is 13.6. The summed E-state index contributed by atoms with van der Waals surface area (Å²) in [6.45, 7) is 2.94. The second-order valence-electron chi connectivity index (χ2n) is 5.89. The van der Waals surface area contributed by atoms with Crippen LogP contribution in [0.5, 0.6) is 5.75 Å². The molecule has 5 nitrogen and oxygen atoms in total. The number of phenols is 1. The van der Waals surface area contributed by atoms with Crippen LogP contribution < -0.4 is 5.32 Å². The predicted octanol–water partition coefficient (Wildman–Crippen LogP) is 3.45. The van der Waals surface area contributed by atoms with Gasteiger partial charge in [-0.15, -0.1) is 0 Å². The maximum Gasteiger partial charge on any atom is 0.294 e. The van der Waals surface area contributed by atoms with Crippen LogP contribution in [-0.4, -0.2) is 24.6 Å². The van der Waals surface area contributed by atoms with Crippen molar-refractivity contribution in [1.29, 1.82) is 0 Å². The normalized spacial score (nSPS) is 17.7. The molecule has 0 bridgehead atoms. The second-order valence-corrected chi connectivity index (χ2v) is 7.31. The molecule has 1 aliphatic rings. The van der Waals surface area contributed by atoms with Crippen molar-refractivity contribution in [2.75, 3.05) is 6.54 Å². The minimum absolute atomic E-state index is 0.0666. The maximum atomic E-state index is 10.5. The Morgan fingerprint density at radius 1 is 1.08 bits per heavy atom. The molecular formula is C18H23NO4S. The molecule has 130 valence electrons. The van der Waals surface area contributed by atoms with Crippen molar-refractivity contribution in [2.45, 2.75) is 37.1 Å². The molecule has 3 rings (SSSR count). The highest BCUT2D eigenvalue weighted by molar-refractivity contribution is 7.85. The van der Waals surface area contributed by atoms with E-state index in [-0.39, 0.29) is 4.90 Å². The fraction of sp³-hybridized carbons (Fsp3) is 0.333. The third-order valence-corrected chi connectivity index (χ3v) is 4.77. The van der Waals surface area contributed by atoms with Gasteiger partial charge in [-0.2, -0.15) is 8.42 Å². The largest absolute Gasteiger partial charge is 0.508 e. The fourth-order valence-corrected chi connectivity index (χ4v) is 3.07. The van der Waals surface area contributed by atoms with Crippen LogP contribution in [0.15, 0.2) is 53.4 Å². The molecule has 6 heteroatoms. The van der Waals surface area contributed by atoms with Gasteiger partial charge in [0, 0.05) is 6.04 Å². The summed E-state index contributed by atoms with van der Waals surface area (Å²) in [5.41, 5.74) is 2.16. The van der Waals surface area contributed by atoms with Crippen molar-refractivity contribution in [2.24, 2.45) is 0 Å². The summed E-state index contributed by atoms with van der Waals surface area (Å²) in [5.74, 6) is 0.366. The van der Waals surface area contributed by atoms with E-state index in [2.05, 4.69) is 11.4 Å². The predicted molar refractivity (Wildman–Crippen MR) is 93.7 cm³/mol. The molecule has 1 aliphatic heterocycles. The lowest BCUT2D eigenvalue weighted by molar-refractivity contribution is 0.409. The number of nitrogens with one attached hydrogen (secondary N) is 1. The lowest BCUT2D eigenvalue weighted by Crippen LogP contribution is -2.26. The number of aromatic hydroxyl groups is 1. The summed E-state index contributed by atoms with van der Waals surface area (Å²) in [7, 11) is -4.02. The Hall–Kier alpha value is -1.89. The Bertz CT molecular complexity index is 751. The molecule has 0 saturated carbocycles. The molecule has 2 aromatic rings. The first-order valence-corrected chi connectivity index (χ1v) is 9.37. The second kappa shape index (κ2) is 8.28. The smallest absolute Gasteiger partial charge is 0.294 e. The number of hydrogen-bond acceptors (Lipinski definition) is 4. The third kappa shape index (κ3) is 5.63. The summed E-state index contributed by atoms with van der Waals surface area (Å²) in [6.07, 6.45) is 3.74. The van der Waals surface area contributed by atoms with E-state index in [0.717, 1.165) is 12.1 Å². The lowest BCUT2D eigenvalue weighted by Gasteiger charge is -2.23.